The minimum absolute atomic E-state index is 0.118. The van der Waals surface area contributed by atoms with Crippen LogP contribution in [0, 0.1) is 6.92 Å². The largest absolute Gasteiger partial charge is 0.381 e. The molecule has 1 aromatic carbocycles. The van der Waals surface area contributed by atoms with E-state index < -0.39 is 0 Å². The maximum Gasteiger partial charge on any atom is 0.269 e. The predicted molar refractivity (Wildman–Crippen MR) is 80.4 cm³/mol. The molecule has 1 heterocycles. The van der Waals surface area contributed by atoms with Gasteiger partial charge in [0, 0.05) is 17.1 Å². The van der Waals surface area contributed by atoms with Crippen LogP contribution in [-0.2, 0) is 6.54 Å². The fourth-order valence-electron chi connectivity index (χ4n) is 2.04. The van der Waals surface area contributed by atoms with E-state index in [1.807, 2.05) is 25.1 Å². The fourth-order valence-corrected chi connectivity index (χ4v) is 2.33. The van der Waals surface area contributed by atoms with Crippen LogP contribution in [0.25, 0.3) is 0 Å². The van der Waals surface area contributed by atoms with Gasteiger partial charge in [-0.3, -0.25) is 4.79 Å². The third-order valence-electron chi connectivity index (χ3n) is 3.35. The molecule has 0 atom stereocenters. The van der Waals surface area contributed by atoms with Gasteiger partial charge in [0.25, 0.3) is 5.56 Å². The Morgan fingerprint density at radius 2 is 2.20 bits per heavy atom. The first kappa shape index (κ1) is 13.2. The summed E-state index contributed by atoms with van der Waals surface area (Å²) in [7, 11) is 0. The highest BCUT2D eigenvalue weighted by Crippen LogP contribution is 2.23. The zero-order valence-corrected chi connectivity index (χ0v) is 12.0. The Balaban J connectivity index is 1.81. The molecule has 5 heteroatoms. The van der Waals surface area contributed by atoms with Crippen LogP contribution < -0.4 is 10.9 Å². The number of halogens is 1. The van der Waals surface area contributed by atoms with E-state index in [9.17, 15) is 4.79 Å². The van der Waals surface area contributed by atoms with Crippen molar-refractivity contribution < 1.29 is 0 Å². The van der Waals surface area contributed by atoms with Gasteiger partial charge in [-0.2, -0.15) is 5.10 Å². The van der Waals surface area contributed by atoms with E-state index >= 15 is 0 Å². The highest BCUT2D eigenvalue weighted by molar-refractivity contribution is 6.31. The predicted octanol–water partition coefficient (Wildman–Crippen LogP) is 2.83. The van der Waals surface area contributed by atoms with Crippen molar-refractivity contribution in [2.75, 3.05) is 5.32 Å². The molecule has 1 aliphatic carbocycles. The summed E-state index contributed by atoms with van der Waals surface area (Å²) in [4.78, 5) is 12.0. The Kier molecular flexibility index (Phi) is 3.49. The van der Waals surface area contributed by atoms with Gasteiger partial charge < -0.3 is 5.32 Å². The molecule has 0 amide bonds. The molecule has 3 rings (SSSR count). The molecule has 20 heavy (non-hydrogen) atoms. The van der Waals surface area contributed by atoms with Crippen LogP contribution in [0.2, 0.25) is 5.02 Å². The monoisotopic (exact) mass is 289 g/mol. The van der Waals surface area contributed by atoms with Gasteiger partial charge in [-0.1, -0.05) is 23.7 Å². The Bertz CT molecular complexity index is 692. The lowest BCUT2D eigenvalue weighted by Crippen LogP contribution is -2.23. The molecule has 0 saturated heterocycles. The number of anilines is 1. The Morgan fingerprint density at radius 3 is 2.85 bits per heavy atom. The third kappa shape index (κ3) is 3.02. The number of nitrogens with zero attached hydrogens (tertiary/aromatic N) is 2. The second kappa shape index (κ2) is 5.29. The smallest absolute Gasteiger partial charge is 0.269 e. The molecule has 0 spiro atoms. The molecular formula is C15H16ClN3O. The fraction of sp³-hybridized carbons (Fsp3) is 0.333. The van der Waals surface area contributed by atoms with Gasteiger partial charge in [-0.05, 0) is 37.0 Å². The molecule has 1 fully saturated rings. The van der Waals surface area contributed by atoms with E-state index in [0.29, 0.717) is 17.6 Å². The van der Waals surface area contributed by atoms with Crippen LogP contribution in [0.1, 0.15) is 24.0 Å². The molecule has 0 aliphatic heterocycles. The van der Waals surface area contributed by atoms with Crippen LogP contribution in [0.15, 0.2) is 35.3 Å². The minimum Gasteiger partial charge on any atom is -0.381 e. The lowest BCUT2D eigenvalue weighted by Gasteiger charge is -2.09. The average Bonchev–Trinajstić information content (AvgIpc) is 3.19. The van der Waals surface area contributed by atoms with E-state index in [0.717, 1.165) is 16.8 Å². The van der Waals surface area contributed by atoms with E-state index in [1.165, 1.54) is 17.5 Å². The van der Waals surface area contributed by atoms with Crippen molar-refractivity contribution in [2.24, 2.45) is 0 Å². The van der Waals surface area contributed by atoms with Gasteiger partial charge in [0.2, 0.25) is 0 Å². The van der Waals surface area contributed by atoms with Crippen LogP contribution in [0.3, 0.4) is 0 Å². The average molecular weight is 290 g/mol. The number of rotatable bonds is 4. The summed E-state index contributed by atoms with van der Waals surface area (Å²) in [6.07, 6.45) is 4.03. The summed E-state index contributed by atoms with van der Waals surface area (Å²) >= 11 is 6.18. The standard InChI is InChI=1S/C15H16ClN3O/c1-10-2-3-11(14(16)6-10)9-19-15(20)7-13(8-17-19)18-12-4-5-12/h2-3,6-8,12,18H,4-5,9H2,1H3. The number of aryl methyl sites for hydroxylation is 1. The molecule has 4 nitrogen and oxygen atoms in total. The molecule has 1 saturated carbocycles. The Hall–Kier alpha value is -1.81. The van der Waals surface area contributed by atoms with Crippen LogP contribution >= 0.6 is 11.6 Å². The van der Waals surface area contributed by atoms with E-state index in [1.54, 1.807) is 12.3 Å². The molecule has 0 bridgehead atoms. The zero-order valence-electron chi connectivity index (χ0n) is 11.3. The van der Waals surface area contributed by atoms with Gasteiger partial charge in [-0.25, -0.2) is 4.68 Å². The van der Waals surface area contributed by atoms with Gasteiger partial charge in [0.15, 0.2) is 0 Å². The first-order chi connectivity index (χ1) is 9.61. The number of hydrogen-bond acceptors (Lipinski definition) is 3. The molecule has 1 N–H and O–H groups in total. The highest BCUT2D eigenvalue weighted by atomic mass is 35.5. The van der Waals surface area contributed by atoms with Gasteiger partial charge >= 0.3 is 0 Å². The molecule has 2 aromatic rings. The van der Waals surface area contributed by atoms with Crippen molar-refractivity contribution in [3.63, 3.8) is 0 Å². The Labute approximate surface area is 122 Å². The van der Waals surface area contributed by atoms with Gasteiger partial charge in [-0.15, -0.1) is 0 Å². The van der Waals surface area contributed by atoms with Gasteiger partial charge in [0.1, 0.15) is 0 Å². The van der Waals surface area contributed by atoms with Crippen LogP contribution in [-0.4, -0.2) is 15.8 Å². The lowest BCUT2D eigenvalue weighted by atomic mass is 10.1. The number of benzene rings is 1. The zero-order chi connectivity index (χ0) is 14.1. The summed E-state index contributed by atoms with van der Waals surface area (Å²) < 4.78 is 1.43. The lowest BCUT2D eigenvalue weighted by molar-refractivity contribution is 0.639. The molecule has 1 aromatic heterocycles. The third-order valence-corrected chi connectivity index (χ3v) is 3.70. The maximum absolute atomic E-state index is 12.0. The first-order valence-corrected chi connectivity index (χ1v) is 7.08. The second-order valence-electron chi connectivity index (χ2n) is 5.25. The van der Waals surface area contributed by atoms with Crippen molar-refractivity contribution in [1.29, 1.82) is 0 Å². The number of hydrogen-bond donors (Lipinski definition) is 1. The van der Waals surface area contributed by atoms with E-state index in [2.05, 4.69) is 10.4 Å². The van der Waals surface area contributed by atoms with Crippen LogP contribution in [0.4, 0.5) is 5.69 Å². The summed E-state index contributed by atoms with van der Waals surface area (Å²) in [5.41, 5.74) is 2.67. The number of nitrogens with one attached hydrogen (secondary N) is 1. The van der Waals surface area contributed by atoms with Crippen molar-refractivity contribution >= 4 is 17.3 Å². The summed E-state index contributed by atoms with van der Waals surface area (Å²) in [5.74, 6) is 0. The van der Waals surface area contributed by atoms with Crippen molar-refractivity contribution in [3.05, 3.63) is 57.0 Å². The van der Waals surface area contributed by atoms with Crippen molar-refractivity contribution in [2.45, 2.75) is 32.4 Å². The SMILES string of the molecule is Cc1ccc(Cn2ncc(NC3CC3)cc2=O)c(Cl)c1. The van der Waals surface area contributed by atoms with Crippen molar-refractivity contribution in [3.8, 4) is 0 Å². The van der Waals surface area contributed by atoms with E-state index in [4.69, 9.17) is 11.6 Å². The van der Waals surface area contributed by atoms with Crippen LogP contribution in [0.5, 0.6) is 0 Å². The van der Waals surface area contributed by atoms with E-state index in [-0.39, 0.29) is 5.56 Å². The minimum atomic E-state index is -0.118. The van der Waals surface area contributed by atoms with Gasteiger partial charge in [0.05, 0.1) is 18.4 Å². The highest BCUT2D eigenvalue weighted by Gasteiger charge is 2.21. The molecule has 0 unspecified atom stereocenters. The molecule has 1 aliphatic rings. The summed E-state index contributed by atoms with van der Waals surface area (Å²) in [6.45, 7) is 2.38. The Morgan fingerprint density at radius 1 is 1.40 bits per heavy atom. The summed E-state index contributed by atoms with van der Waals surface area (Å²) in [5, 5.41) is 8.13. The normalized spacial score (nSPS) is 14.3. The first-order valence-electron chi connectivity index (χ1n) is 6.70. The quantitative estimate of drug-likeness (QED) is 0.941. The second-order valence-corrected chi connectivity index (χ2v) is 5.66. The van der Waals surface area contributed by atoms with Crippen molar-refractivity contribution in [1.82, 2.24) is 9.78 Å². The summed E-state index contributed by atoms with van der Waals surface area (Å²) in [6, 6.07) is 7.91. The molecule has 0 radical (unpaired) electrons. The topological polar surface area (TPSA) is 46.9 Å². The number of aromatic nitrogens is 2. The molecular weight excluding hydrogens is 274 g/mol. The molecule has 104 valence electrons. The maximum atomic E-state index is 12.0.